The van der Waals surface area contributed by atoms with Crippen molar-refractivity contribution in [3.8, 4) is 23.0 Å². The molecule has 3 amide bonds. The molecule has 0 aliphatic carbocycles. The predicted molar refractivity (Wildman–Crippen MR) is 240 cm³/mol. The first-order valence-corrected chi connectivity index (χ1v) is 22.7. The second-order valence-electron chi connectivity index (χ2n) is 16.1. The highest BCUT2D eigenvalue weighted by atomic mass is 32.1. The number of thiophene rings is 1. The van der Waals surface area contributed by atoms with Crippen LogP contribution < -0.4 is 29.6 Å². The molecule has 0 saturated carbocycles. The second-order valence-corrected chi connectivity index (χ2v) is 17.2. The van der Waals surface area contributed by atoms with Gasteiger partial charge < -0.3 is 58.2 Å². The summed E-state index contributed by atoms with van der Waals surface area (Å²) in [5.41, 5.74) is 0.172. The third-order valence-corrected chi connectivity index (χ3v) is 10.8. The molecule has 0 unspecified atom stereocenters. The number of nitrogens with zero attached hydrogens (tertiary/aromatic N) is 1. The van der Waals surface area contributed by atoms with E-state index in [1.54, 1.807) is 46.8 Å². The summed E-state index contributed by atoms with van der Waals surface area (Å²) in [6.45, 7) is 9.99. The zero-order valence-corrected chi connectivity index (χ0v) is 39.9. The fraction of sp³-hybridized carbons (Fsp3) is 0.565. The lowest BCUT2D eigenvalue weighted by atomic mass is 10.1. The van der Waals surface area contributed by atoms with E-state index in [0.29, 0.717) is 10.3 Å². The zero-order chi connectivity index (χ0) is 49.1. The van der Waals surface area contributed by atoms with Crippen LogP contribution in [-0.4, -0.2) is 126 Å². The monoisotopic (exact) mass is 965 g/mol. The number of nitrogens with one attached hydrogen (secondary N) is 2. The average Bonchev–Trinajstić information content (AvgIpc) is 3.92. The minimum Gasteiger partial charge on any atom is -0.493 e. The molecule has 0 fully saturated rings. The number of fused-ring (bicyclic) bond motifs is 2. The quantitative estimate of drug-likeness (QED) is 0.0360. The van der Waals surface area contributed by atoms with E-state index in [2.05, 4.69) is 10.6 Å². The largest absolute Gasteiger partial charge is 0.493 e. The van der Waals surface area contributed by atoms with Gasteiger partial charge in [0.15, 0.2) is 40.4 Å². The summed E-state index contributed by atoms with van der Waals surface area (Å²) in [4.78, 5) is 75.5. The van der Waals surface area contributed by atoms with Gasteiger partial charge in [-0.3, -0.25) is 24.0 Å². The first-order chi connectivity index (χ1) is 31.9. The summed E-state index contributed by atoms with van der Waals surface area (Å²) in [5, 5.41) is 5.40. The Morgan fingerprint density at radius 3 is 2.10 bits per heavy atom. The van der Waals surface area contributed by atoms with E-state index in [0.717, 1.165) is 11.3 Å². The van der Waals surface area contributed by atoms with Crippen molar-refractivity contribution in [2.75, 3.05) is 73.6 Å². The van der Waals surface area contributed by atoms with Gasteiger partial charge in [0.1, 0.15) is 11.7 Å². The Bertz CT molecular complexity index is 2200. The van der Waals surface area contributed by atoms with Crippen LogP contribution >= 0.6 is 11.3 Å². The number of Topliss-reactive ketones (excluding diaryl/α,β-unsaturated/α-hetero) is 1. The third kappa shape index (κ3) is 17.1. The second kappa shape index (κ2) is 26.5. The van der Waals surface area contributed by atoms with E-state index in [4.69, 9.17) is 42.6 Å². The molecule has 67 heavy (non-hydrogen) atoms. The normalized spacial score (nSPS) is 12.5. The van der Waals surface area contributed by atoms with Gasteiger partial charge in [-0.05, 0) is 52.3 Å². The van der Waals surface area contributed by atoms with Crippen LogP contribution in [0.2, 0.25) is 0 Å². The van der Waals surface area contributed by atoms with Crippen LogP contribution in [0.15, 0.2) is 18.2 Å². The highest BCUT2D eigenvalue weighted by molar-refractivity contribution is 7.20. The fourth-order valence-corrected chi connectivity index (χ4v) is 7.54. The van der Waals surface area contributed by atoms with Gasteiger partial charge in [-0.25, -0.2) is 13.6 Å². The van der Waals surface area contributed by atoms with Crippen LogP contribution in [0.4, 0.5) is 13.6 Å². The van der Waals surface area contributed by atoms with E-state index < -0.39 is 47.3 Å². The average molecular weight is 966 g/mol. The molecular formula is C46H61F2N3O15S. The van der Waals surface area contributed by atoms with Crippen LogP contribution in [-0.2, 0) is 56.0 Å². The summed E-state index contributed by atoms with van der Waals surface area (Å²) >= 11 is 1.07. The van der Waals surface area contributed by atoms with Gasteiger partial charge in [-0.15, -0.1) is 11.3 Å². The van der Waals surface area contributed by atoms with Gasteiger partial charge in [-0.1, -0.05) is 0 Å². The van der Waals surface area contributed by atoms with Crippen molar-refractivity contribution in [2.45, 2.75) is 97.9 Å². The maximum absolute atomic E-state index is 15.9. The number of amides is 3. The van der Waals surface area contributed by atoms with Gasteiger partial charge in [0.25, 0.3) is 0 Å². The first kappa shape index (κ1) is 53.8. The number of ketones is 1. The van der Waals surface area contributed by atoms with Crippen molar-refractivity contribution >= 4 is 57.1 Å². The number of benzene rings is 2. The van der Waals surface area contributed by atoms with Crippen LogP contribution in [0.5, 0.6) is 23.0 Å². The summed E-state index contributed by atoms with van der Waals surface area (Å²) in [6, 6.07) is 4.57. The number of carbonyl (C=O) groups excluding carboxylic acids is 6. The minimum absolute atomic E-state index is 0.0463. The van der Waals surface area contributed by atoms with Gasteiger partial charge >= 0.3 is 18.0 Å². The highest BCUT2D eigenvalue weighted by Crippen LogP contribution is 2.41. The molecule has 2 N–H and O–H groups in total. The van der Waals surface area contributed by atoms with Crippen molar-refractivity contribution in [1.82, 2.24) is 15.5 Å². The molecule has 1 atom stereocenters. The molecule has 1 aliphatic rings. The molecule has 3 aromatic rings. The van der Waals surface area contributed by atoms with Gasteiger partial charge in [0.2, 0.25) is 11.8 Å². The molecule has 1 aliphatic heterocycles. The number of ether oxygens (including phenoxy) is 9. The van der Waals surface area contributed by atoms with Crippen LogP contribution in [0.25, 0.3) is 10.1 Å². The topological polar surface area (TPSA) is 213 Å². The smallest absolute Gasteiger partial charge is 0.407 e. The molecular weight excluding hydrogens is 905 g/mol. The number of esters is 2. The van der Waals surface area contributed by atoms with Gasteiger partial charge in [0.05, 0.1) is 84.7 Å². The Balaban J connectivity index is 1.14. The lowest BCUT2D eigenvalue weighted by Crippen LogP contribution is -2.34. The van der Waals surface area contributed by atoms with E-state index >= 15 is 8.78 Å². The predicted octanol–water partition coefficient (Wildman–Crippen LogP) is 6.19. The van der Waals surface area contributed by atoms with Gasteiger partial charge in [-0.2, -0.15) is 0 Å². The summed E-state index contributed by atoms with van der Waals surface area (Å²) < 4.78 is 80.5. The Labute approximate surface area is 392 Å². The van der Waals surface area contributed by atoms with Crippen molar-refractivity contribution in [3.05, 3.63) is 45.8 Å². The standard InChI is InChI=1S/C46H61F2N3O15S/c1-8-62-39(55)12-10-32(52)36-23-30-35(67-36)24-34(59-7)44(41(30)47)64-17-9-16-63-43-33(58-6)22-29-26-51(27-31(29)42(43)48)38(54)11-13-40(56)65-28(2)25-50-37(53)14-18-60-20-21-61-19-15-49-45(57)66-46(3,4)5/h22-24,28H,8-21,25-27H2,1-7H3,(H,49,57)(H,50,53)/t28-/m0/s1. The number of carbonyl (C=O) groups is 6. The van der Waals surface area contributed by atoms with Crippen LogP contribution in [0.3, 0.4) is 0 Å². The number of hydrogen-bond donors (Lipinski definition) is 2. The van der Waals surface area contributed by atoms with E-state index in [1.165, 1.54) is 25.2 Å². The lowest BCUT2D eigenvalue weighted by Gasteiger charge is -2.19. The summed E-state index contributed by atoms with van der Waals surface area (Å²) in [7, 11) is 2.71. The molecule has 0 bridgehead atoms. The Hall–Kier alpha value is -5.80. The number of alkyl carbamates (subject to hydrolysis) is 1. The Kier molecular flexibility index (Phi) is 21.3. The summed E-state index contributed by atoms with van der Waals surface area (Å²) in [6.07, 6.45) is -1.50. The van der Waals surface area contributed by atoms with Crippen LogP contribution in [0, 0.1) is 11.6 Å². The maximum Gasteiger partial charge on any atom is 0.407 e. The molecule has 21 heteroatoms. The maximum atomic E-state index is 15.9. The first-order valence-electron chi connectivity index (χ1n) is 21.9. The van der Waals surface area contributed by atoms with E-state index in [9.17, 15) is 28.8 Å². The fourth-order valence-electron chi connectivity index (χ4n) is 6.49. The molecule has 0 radical (unpaired) electrons. The number of halogens is 2. The molecule has 0 saturated heterocycles. The number of methoxy groups -OCH3 is 2. The highest BCUT2D eigenvalue weighted by Gasteiger charge is 2.31. The molecule has 1 aromatic heterocycles. The van der Waals surface area contributed by atoms with Crippen LogP contribution in [0.1, 0.15) is 93.9 Å². The summed E-state index contributed by atoms with van der Waals surface area (Å²) in [5.74, 6) is -3.69. The Morgan fingerprint density at radius 1 is 0.776 bits per heavy atom. The van der Waals surface area contributed by atoms with Crippen molar-refractivity contribution in [3.63, 3.8) is 0 Å². The molecule has 2 heterocycles. The molecule has 4 rings (SSSR count). The third-order valence-electron chi connectivity index (χ3n) is 9.71. The van der Waals surface area contributed by atoms with Crippen molar-refractivity contribution < 1.29 is 80.2 Å². The van der Waals surface area contributed by atoms with Crippen molar-refractivity contribution in [2.24, 2.45) is 0 Å². The lowest BCUT2D eigenvalue weighted by molar-refractivity contribution is -0.150. The molecule has 0 spiro atoms. The Morgan fingerprint density at radius 2 is 1.43 bits per heavy atom. The van der Waals surface area contributed by atoms with E-state index in [1.807, 2.05) is 0 Å². The number of rotatable bonds is 28. The van der Waals surface area contributed by atoms with Gasteiger partial charge in [0, 0.05) is 67.0 Å². The van der Waals surface area contributed by atoms with E-state index in [-0.39, 0.29) is 161 Å². The molecule has 18 nitrogen and oxygen atoms in total. The molecule has 370 valence electrons. The number of hydrogen-bond acceptors (Lipinski definition) is 16. The zero-order valence-electron chi connectivity index (χ0n) is 39.1. The van der Waals surface area contributed by atoms with Crippen molar-refractivity contribution in [1.29, 1.82) is 0 Å². The SMILES string of the molecule is CCOC(=O)CCC(=O)c1cc2c(F)c(OCCCOc3c(OC)cc4c(c3F)CN(C(=O)CCC(=O)O[C@@H](C)CNC(=O)CCOCCOCCNC(=O)OC(C)(C)C)C4)c(OC)cc2s1. The minimum atomic E-state index is -0.725. The molecule has 2 aromatic carbocycles.